The summed E-state index contributed by atoms with van der Waals surface area (Å²) in [5.41, 5.74) is 2.52. The first-order valence-electron chi connectivity index (χ1n) is 7.68. The summed E-state index contributed by atoms with van der Waals surface area (Å²) in [6, 6.07) is 6.07. The van der Waals surface area contributed by atoms with Crippen molar-refractivity contribution in [2.45, 2.75) is 31.2 Å². The molecule has 0 bridgehead atoms. The summed E-state index contributed by atoms with van der Waals surface area (Å²) < 4.78 is 12.0. The zero-order valence-corrected chi connectivity index (χ0v) is 14.1. The van der Waals surface area contributed by atoms with Crippen LogP contribution in [0.2, 0.25) is 0 Å². The van der Waals surface area contributed by atoms with Crippen molar-refractivity contribution in [1.29, 1.82) is 0 Å². The summed E-state index contributed by atoms with van der Waals surface area (Å²) in [5, 5.41) is 1.03. The van der Waals surface area contributed by atoms with Gasteiger partial charge >= 0.3 is 11.9 Å². The van der Waals surface area contributed by atoms with Gasteiger partial charge in [0, 0.05) is 29.0 Å². The van der Waals surface area contributed by atoms with E-state index < -0.39 is 0 Å². The smallest absolute Gasteiger partial charge is 0.354 e. The first-order chi connectivity index (χ1) is 11.2. The Labute approximate surface area is 138 Å². The fourth-order valence-electron chi connectivity index (χ4n) is 3.08. The summed E-state index contributed by atoms with van der Waals surface area (Å²) in [7, 11) is 1.39. The SMILES string of the molecule is CCOC(=O)CCc1c(C(=O)OC)n2c3c(cccc13)SCC2. The average Bonchev–Trinajstić information content (AvgIpc) is 2.89. The monoisotopic (exact) mass is 333 g/mol. The van der Waals surface area contributed by atoms with E-state index in [0.717, 1.165) is 28.8 Å². The van der Waals surface area contributed by atoms with E-state index in [-0.39, 0.29) is 18.4 Å². The van der Waals surface area contributed by atoms with E-state index in [2.05, 4.69) is 6.07 Å². The van der Waals surface area contributed by atoms with Gasteiger partial charge in [-0.1, -0.05) is 12.1 Å². The van der Waals surface area contributed by atoms with E-state index in [9.17, 15) is 9.59 Å². The lowest BCUT2D eigenvalue weighted by atomic mass is 10.1. The number of methoxy groups -OCH3 is 1. The van der Waals surface area contributed by atoms with Gasteiger partial charge < -0.3 is 14.0 Å². The van der Waals surface area contributed by atoms with Gasteiger partial charge in [0.05, 0.1) is 19.2 Å². The number of ether oxygens (including phenoxy) is 2. The number of aryl methyl sites for hydroxylation is 2. The molecule has 0 N–H and O–H groups in total. The van der Waals surface area contributed by atoms with Crippen molar-refractivity contribution < 1.29 is 19.1 Å². The maximum Gasteiger partial charge on any atom is 0.354 e. The highest BCUT2D eigenvalue weighted by molar-refractivity contribution is 7.99. The Morgan fingerprint density at radius 1 is 1.35 bits per heavy atom. The van der Waals surface area contributed by atoms with Crippen molar-refractivity contribution in [3.63, 3.8) is 0 Å². The number of nitrogens with zero attached hydrogens (tertiary/aromatic N) is 1. The molecule has 1 aliphatic rings. The highest BCUT2D eigenvalue weighted by Crippen LogP contribution is 2.38. The minimum atomic E-state index is -0.349. The van der Waals surface area contributed by atoms with Crippen LogP contribution in [-0.2, 0) is 27.2 Å². The lowest BCUT2D eigenvalue weighted by Gasteiger charge is -2.16. The van der Waals surface area contributed by atoms with Gasteiger partial charge in [0.25, 0.3) is 0 Å². The minimum absolute atomic E-state index is 0.246. The van der Waals surface area contributed by atoms with Crippen LogP contribution in [0.25, 0.3) is 10.9 Å². The lowest BCUT2D eigenvalue weighted by molar-refractivity contribution is -0.143. The summed E-state index contributed by atoms with van der Waals surface area (Å²) in [4.78, 5) is 25.2. The fraction of sp³-hybridized carbons (Fsp3) is 0.412. The summed E-state index contributed by atoms with van der Waals surface area (Å²) >= 11 is 1.79. The van der Waals surface area contributed by atoms with Crippen molar-refractivity contribution in [1.82, 2.24) is 4.57 Å². The zero-order valence-electron chi connectivity index (χ0n) is 13.3. The van der Waals surface area contributed by atoms with Gasteiger partial charge in [-0.2, -0.15) is 0 Å². The summed E-state index contributed by atoms with van der Waals surface area (Å²) in [6.45, 7) is 2.92. The van der Waals surface area contributed by atoms with Crippen molar-refractivity contribution in [2.75, 3.05) is 19.5 Å². The first kappa shape index (κ1) is 15.9. The Kier molecular flexibility index (Phi) is 4.61. The average molecular weight is 333 g/mol. The van der Waals surface area contributed by atoms with E-state index in [1.165, 1.54) is 12.0 Å². The normalized spacial score (nSPS) is 13.1. The third-order valence-electron chi connectivity index (χ3n) is 3.99. The highest BCUT2D eigenvalue weighted by atomic mass is 32.2. The number of hydrogen-bond donors (Lipinski definition) is 0. The van der Waals surface area contributed by atoms with Gasteiger partial charge in [-0.05, 0) is 25.0 Å². The molecule has 1 aromatic heterocycles. The standard InChI is InChI=1S/C17H19NO4S/c1-3-22-14(19)8-7-12-11-5-4-6-13-15(11)18(9-10-23-13)16(12)17(20)21-2/h4-6H,3,7-10H2,1-2H3. The number of benzene rings is 1. The molecule has 2 aromatic rings. The van der Waals surface area contributed by atoms with Crippen LogP contribution in [0.15, 0.2) is 23.1 Å². The number of aromatic nitrogens is 1. The Hall–Kier alpha value is -1.95. The molecule has 3 rings (SSSR count). The molecule has 0 saturated heterocycles. The molecule has 2 heterocycles. The van der Waals surface area contributed by atoms with Crippen LogP contribution < -0.4 is 0 Å². The second kappa shape index (κ2) is 6.66. The van der Waals surface area contributed by atoms with Crippen LogP contribution in [0.5, 0.6) is 0 Å². The maximum absolute atomic E-state index is 12.3. The fourth-order valence-corrected chi connectivity index (χ4v) is 4.10. The van der Waals surface area contributed by atoms with Crippen LogP contribution >= 0.6 is 11.8 Å². The Balaban J connectivity index is 2.09. The van der Waals surface area contributed by atoms with E-state index >= 15 is 0 Å². The van der Waals surface area contributed by atoms with Crippen molar-refractivity contribution in [3.8, 4) is 0 Å². The van der Waals surface area contributed by atoms with Gasteiger partial charge in [0.15, 0.2) is 0 Å². The van der Waals surface area contributed by atoms with Gasteiger partial charge in [-0.15, -0.1) is 11.8 Å². The number of carbonyl (C=O) groups is 2. The molecule has 0 saturated carbocycles. The minimum Gasteiger partial charge on any atom is -0.466 e. The van der Waals surface area contributed by atoms with E-state index in [1.807, 2.05) is 16.7 Å². The summed E-state index contributed by atoms with van der Waals surface area (Å²) in [6.07, 6.45) is 0.731. The van der Waals surface area contributed by atoms with Gasteiger partial charge in [0.1, 0.15) is 5.69 Å². The predicted molar refractivity (Wildman–Crippen MR) is 89.0 cm³/mol. The van der Waals surface area contributed by atoms with Crippen molar-refractivity contribution >= 4 is 34.6 Å². The summed E-state index contributed by atoms with van der Waals surface area (Å²) in [5.74, 6) is 0.324. The number of rotatable bonds is 5. The molecule has 6 heteroatoms. The predicted octanol–water partition coefficient (Wildman–Crippen LogP) is 3.03. The number of hydrogen-bond acceptors (Lipinski definition) is 5. The van der Waals surface area contributed by atoms with E-state index in [0.29, 0.717) is 18.7 Å². The Bertz CT molecular complexity index is 766. The number of thioether (sulfide) groups is 1. The molecule has 0 fully saturated rings. The molecule has 0 spiro atoms. The van der Waals surface area contributed by atoms with E-state index in [1.54, 1.807) is 18.7 Å². The molecule has 5 nitrogen and oxygen atoms in total. The number of esters is 2. The molecule has 23 heavy (non-hydrogen) atoms. The molecule has 1 aliphatic heterocycles. The molecule has 0 radical (unpaired) electrons. The van der Waals surface area contributed by atoms with Crippen LogP contribution in [0.4, 0.5) is 0 Å². The van der Waals surface area contributed by atoms with Crippen molar-refractivity contribution in [2.24, 2.45) is 0 Å². The van der Waals surface area contributed by atoms with Crippen LogP contribution in [0.1, 0.15) is 29.4 Å². The first-order valence-corrected chi connectivity index (χ1v) is 8.66. The topological polar surface area (TPSA) is 57.5 Å². The van der Waals surface area contributed by atoms with Crippen LogP contribution in [0.3, 0.4) is 0 Å². The molecule has 0 aliphatic carbocycles. The van der Waals surface area contributed by atoms with E-state index in [4.69, 9.17) is 9.47 Å². The lowest BCUT2D eigenvalue weighted by Crippen LogP contribution is -2.16. The van der Waals surface area contributed by atoms with Gasteiger partial charge in [-0.3, -0.25) is 4.79 Å². The molecule has 0 unspecified atom stereocenters. The second-order valence-corrected chi connectivity index (χ2v) is 6.41. The molecular weight excluding hydrogens is 314 g/mol. The highest BCUT2D eigenvalue weighted by Gasteiger charge is 2.27. The maximum atomic E-state index is 12.3. The Morgan fingerprint density at radius 2 is 2.17 bits per heavy atom. The van der Waals surface area contributed by atoms with Crippen LogP contribution in [-0.4, -0.2) is 36.0 Å². The third-order valence-corrected chi connectivity index (χ3v) is 5.01. The number of para-hydroxylation sites is 1. The Morgan fingerprint density at radius 3 is 2.91 bits per heavy atom. The molecular formula is C17H19NO4S. The van der Waals surface area contributed by atoms with Crippen LogP contribution in [0, 0.1) is 0 Å². The molecule has 0 atom stereocenters. The zero-order chi connectivity index (χ0) is 16.4. The quantitative estimate of drug-likeness (QED) is 0.787. The third kappa shape index (κ3) is 2.83. The second-order valence-electron chi connectivity index (χ2n) is 5.28. The van der Waals surface area contributed by atoms with Gasteiger partial charge in [-0.25, -0.2) is 4.79 Å². The van der Waals surface area contributed by atoms with Gasteiger partial charge in [0.2, 0.25) is 0 Å². The largest absolute Gasteiger partial charge is 0.466 e. The number of carbonyl (C=O) groups excluding carboxylic acids is 2. The molecule has 122 valence electrons. The van der Waals surface area contributed by atoms with Crippen molar-refractivity contribution in [3.05, 3.63) is 29.5 Å². The molecule has 1 aromatic carbocycles. The molecule has 0 amide bonds.